The molecule has 2 aliphatic rings. The predicted octanol–water partition coefficient (Wildman–Crippen LogP) is -1.08. The van der Waals surface area contributed by atoms with Crippen LogP contribution in [0.15, 0.2) is 30.3 Å². The summed E-state index contributed by atoms with van der Waals surface area (Å²) in [6.07, 6.45) is -7.26. The third-order valence-corrected chi connectivity index (χ3v) is 5.15. The van der Waals surface area contributed by atoms with Gasteiger partial charge in [-0.05, 0) is 12.1 Å². The van der Waals surface area contributed by atoms with E-state index in [1.54, 1.807) is 30.3 Å². The van der Waals surface area contributed by atoms with E-state index in [0.717, 1.165) is 0 Å². The molecule has 2 aliphatic heterocycles. The van der Waals surface area contributed by atoms with Crippen molar-refractivity contribution in [3.05, 3.63) is 35.9 Å². The van der Waals surface area contributed by atoms with Gasteiger partial charge in [0.2, 0.25) is 5.91 Å². The minimum atomic E-state index is -1.62. The molecule has 0 saturated carbocycles. The summed E-state index contributed by atoms with van der Waals surface area (Å²) in [5.41, 5.74) is 0.300. The van der Waals surface area contributed by atoms with Gasteiger partial charge in [-0.1, -0.05) is 34.1 Å². The third-order valence-electron chi connectivity index (χ3n) is 4.26. The predicted molar refractivity (Wildman–Crippen MR) is 91.5 cm³/mol. The Hall–Kier alpha value is -2.05. The number of halogens is 1. The van der Waals surface area contributed by atoms with E-state index in [1.807, 2.05) is 5.32 Å². The molecule has 10 nitrogen and oxygen atoms in total. The summed E-state index contributed by atoms with van der Waals surface area (Å²) in [4.78, 5) is 35.1. The van der Waals surface area contributed by atoms with Crippen LogP contribution in [0.25, 0.3) is 0 Å². The topological polar surface area (TPSA) is 146 Å². The van der Waals surface area contributed by atoms with Crippen molar-refractivity contribution in [1.82, 2.24) is 10.2 Å². The second kappa shape index (κ2) is 7.90. The molecule has 0 spiro atoms. The molecule has 1 aromatic carbocycles. The van der Waals surface area contributed by atoms with Gasteiger partial charge in [0.05, 0.1) is 5.56 Å². The third kappa shape index (κ3) is 3.82. The van der Waals surface area contributed by atoms with E-state index < -0.39 is 53.5 Å². The highest BCUT2D eigenvalue weighted by atomic mass is 79.9. The van der Waals surface area contributed by atoms with Crippen LogP contribution in [0.1, 0.15) is 10.4 Å². The molecule has 11 heteroatoms. The SMILES string of the molecule is O=C(OC[C@H]1O[C@@H](N2C(=O)NC(=O)C(Br)C2O)[C@H](O)[C@@H]1O)c1ccccc1. The molecule has 0 aliphatic carbocycles. The van der Waals surface area contributed by atoms with Crippen molar-refractivity contribution < 1.29 is 39.2 Å². The zero-order valence-corrected chi connectivity index (χ0v) is 15.4. The first-order valence-electron chi connectivity index (χ1n) is 8.00. The lowest BCUT2D eigenvalue weighted by atomic mass is 10.1. The van der Waals surface area contributed by atoms with Gasteiger partial charge in [-0.15, -0.1) is 0 Å². The molecule has 2 fully saturated rings. The maximum Gasteiger partial charge on any atom is 0.338 e. The van der Waals surface area contributed by atoms with Gasteiger partial charge in [0, 0.05) is 0 Å². The summed E-state index contributed by atoms with van der Waals surface area (Å²) in [6, 6.07) is 7.16. The maximum atomic E-state index is 12.0. The molecule has 27 heavy (non-hydrogen) atoms. The zero-order valence-electron chi connectivity index (χ0n) is 13.8. The average molecular weight is 445 g/mol. The number of aliphatic hydroxyl groups excluding tert-OH is 3. The first-order valence-corrected chi connectivity index (χ1v) is 8.92. The van der Waals surface area contributed by atoms with E-state index in [2.05, 4.69) is 15.9 Å². The molecule has 2 saturated heterocycles. The lowest BCUT2D eigenvalue weighted by Crippen LogP contribution is -2.65. The molecular weight excluding hydrogens is 428 g/mol. The number of alkyl halides is 1. The first-order chi connectivity index (χ1) is 12.8. The quantitative estimate of drug-likeness (QED) is 0.339. The number of urea groups is 1. The number of nitrogens with zero attached hydrogens (tertiary/aromatic N) is 1. The van der Waals surface area contributed by atoms with Crippen LogP contribution in [0.5, 0.6) is 0 Å². The molecule has 2 unspecified atom stereocenters. The zero-order chi connectivity index (χ0) is 19.7. The van der Waals surface area contributed by atoms with E-state index in [9.17, 15) is 29.7 Å². The van der Waals surface area contributed by atoms with Gasteiger partial charge < -0.3 is 24.8 Å². The number of rotatable bonds is 4. The highest BCUT2D eigenvalue weighted by molar-refractivity contribution is 9.10. The Labute approximate surface area is 161 Å². The molecule has 3 amide bonds. The Morgan fingerprint density at radius 3 is 2.52 bits per heavy atom. The maximum absolute atomic E-state index is 12.0. The summed E-state index contributed by atoms with van der Waals surface area (Å²) in [5.74, 6) is -1.39. The van der Waals surface area contributed by atoms with E-state index in [1.165, 1.54) is 0 Å². The number of aliphatic hydroxyl groups is 3. The minimum Gasteiger partial charge on any atom is -0.459 e. The smallest absolute Gasteiger partial charge is 0.338 e. The summed E-state index contributed by atoms with van der Waals surface area (Å²) >= 11 is 2.93. The Bertz CT molecular complexity index is 732. The Kier molecular flexibility index (Phi) is 5.77. The lowest BCUT2D eigenvalue weighted by Gasteiger charge is -2.38. The number of esters is 1. The van der Waals surface area contributed by atoms with Crippen LogP contribution in [0.2, 0.25) is 0 Å². The molecule has 4 N–H and O–H groups in total. The summed E-state index contributed by atoms with van der Waals surface area (Å²) in [5, 5.41) is 32.5. The molecule has 3 rings (SSSR count). The fourth-order valence-electron chi connectivity index (χ4n) is 2.81. The summed E-state index contributed by atoms with van der Waals surface area (Å²) < 4.78 is 10.5. The van der Waals surface area contributed by atoms with Gasteiger partial charge in [0.1, 0.15) is 29.7 Å². The number of amides is 3. The van der Waals surface area contributed by atoms with E-state index in [4.69, 9.17) is 9.47 Å². The van der Waals surface area contributed by atoms with Crippen molar-refractivity contribution in [2.24, 2.45) is 0 Å². The van der Waals surface area contributed by atoms with Gasteiger partial charge in [-0.3, -0.25) is 15.0 Å². The van der Waals surface area contributed by atoms with Crippen LogP contribution in [-0.2, 0) is 14.3 Å². The molecule has 146 valence electrons. The number of imide groups is 1. The van der Waals surface area contributed by atoms with Crippen LogP contribution in [-0.4, -0.2) is 80.3 Å². The van der Waals surface area contributed by atoms with Crippen LogP contribution in [0.3, 0.4) is 0 Å². The number of carbonyl (C=O) groups excluding carboxylic acids is 3. The number of benzene rings is 1. The molecule has 6 atom stereocenters. The van der Waals surface area contributed by atoms with E-state index in [0.29, 0.717) is 10.5 Å². The van der Waals surface area contributed by atoms with Crippen molar-refractivity contribution in [2.75, 3.05) is 6.61 Å². The molecule has 0 radical (unpaired) electrons. The van der Waals surface area contributed by atoms with Gasteiger partial charge in [-0.2, -0.15) is 0 Å². The van der Waals surface area contributed by atoms with Crippen LogP contribution >= 0.6 is 15.9 Å². The fraction of sp³-hybridized carbons (Fsp3) is 0.438. The minimum absolute atomic E-state index is 0.300. The Balaban J connectivity index is 1.66. The van der Waals surface area contributed by atoms with Crippen molar-refractivity contribution in [2.45, 2.75) is 35.6 Å². The first kappa shape index (κ1) is 19.7. The standard InChI is InChI=1S/C16H17BrN2O8/c17-9-12(22)18-16(25)19(13(9)23)14-11(21)10(20)8(27-14)6-26-15(24)7-4-2-1-3-5-7/h1-5,8-11,13-14,20-21,23H,6H2,(H,18,22,25)/t8-,9?,10-,11-,13?,14-/m1/s1. The number of hydrogen-bond acceptors (Lipinski definition) is 8. The van der Waals surface area contributed by atoms with Crippen molar-refractivity contribution in [3.8, 4) is 0 Å². The highest BCUT2D eigenvalue weighted by Crippen LogP contribution is 2.29. The van der Waals surface area contributed by atoms with E-state index >= 15 is 0 Å². The van der Waals surface area contributed by atoms with Crippen molar-refractivity contribution in [1.29, 1.82) is 0 Å². The van der Waals surface area contributed by atoms with Gasteiger partial charge in [0.25, 0.3) is 0 Å². The number of ether oxygens (including phenoxy) is 2. The molecule has 0 bridgehead atoms. The van der Waals surface area contributed by atoms with Crippen LogP contribution in [0, 0.1) is 0 Å². The second-order valence-corrected chi connectivity index (χ2v) is 7.01. The highest BCUT2D eigenvalue weighted by Gasteiger charge is 2.52. The number of hydrogen-bond donors (Lipinski definition) is 4. The van der Waals surface area contributed by atoms with Crippen molar-refractivity contribution >= 4 is 33.8 Å². The molecule has 0 aromatic heterocycles. The number of carbonyl (C=O) groups is 3. The second-order valence-electron chi connectivity index (χ2n) is 6.03. The van der Waals surface area contributed by atoms with E-state index in [-0.39, 0.29) is 6.61 Å². The fourth-order valence-corrected chi connectivity index (χ4v) is 3.18. The monoisotopic (exact) mass is 444 g/mol. The Morgan fingerprint density at radius 2 is 1.85 bits per heavy atom. The van der Waals surface area contributed by atoms with Crippen LogP contribution < -0.4 is 5.32 Å². The number of nitrogens with one attached hydrogen (secondary N) is 1. The Morgan fingerprint density at radius 1 is 1.19 bits per heavy atom. The van der Waals surface area contributed by atoms with Gasteiger partial charge in [0.15, 0.2) is 12.5 Å². The normalized spacial score (nSPS) is 33.7. The molecular formula is C16H17BrN2O8. The van der Waals surface area contributed by atoms with Crippen LogP contribution in [0.4, 0.5) is 4.79 Å². The average Bonchev–Trinajstić information content (AvgIpc) is 2.93. The van der Waals surface area contributed by atoms with Crippen molar-refractivity contribution in [3.63, 3.8) is 0 Å². The van der Waals surface area contributed by atoms with Gasteiger partial charge >= 0.3 is 12.0 Å². The summed E-state index contributed by atoms with van der Waals surface area (Å²) in [7, 11) is 0. The largest absolute Gasteiger partial charge is 0.459 e. The molecule has 2 heterocycles. The lowest BCUT2D eigenvalue weighted by molar-refractivity contribution is -0.148. The summed E-state index contributed by atoms with van der Waals surface area (Å²) in [6.45, 7) is -0.384. The molecule has 1 aromatic rings. The van der Waals surface area contributed by atoms with Gasteiger partial charge in [-0.25, -0.2) is 9.59 Å².